The summed E-state index contributed by atoms with van der Waals surface area (Å²) in [6, 6.07) is 0.136. The van der Waals surface area contributed by atoms with Crippen LogP contribution in [0, 0.1) is 0 Å². The van der Waals surface area contributed by atoms with Gasteiger partial charge in [-0.2, -0.15) is 0 Å². The van der Waals surface area contributed by atoms with Crippen molar-refractivity contribution in [2.45, 2.75) is 39.7 Å². The van der Waals surface area contributed by atoms with Gasteiger partial charge >= 0.3 is 0 Å². The zero-order valence-corrected chi connectivity index (χ0v) is 9.04. The van der Waals surface area contributed by atoms with Crippen LogP contribution in [0.25, 0.3) is 0 Å². The standard InChI is InChI=1S/C11H17NO2/c1-8(9(2)13)7-11-5-4-6-12(11)10(3)14/h7,11H,4-6H2,1-3H3/t11-/m0/s1. The molecule has 1 saturated heterocycles. The molecular formula is C11H17NO2. The average molecular weight is 195 g/mol. The second-order valence-electron chi connectivity index (χ2n) is 3.83. The minimum absolute atomic E-state index is 0.0837. The van der Waals surface area contributed by atoms with Gasteiger partial charge in [0.15, 0.2) is 5.78 Å². The van der Waals surface area contributed by atoms with Crippen LogP contribution in [0.3, 0.4) is 0 Å². The second-order valence-corrected chi connectivity index (χ2v) is 3.83. The van der Waals surface area contributed by atoms with E-state index in [-0.39, 0.29) is 17.7 Å². The van der Waals surface area contributed by atoms with Gasteiger partial charge < -0.3 is 4.90 Å². The molecule has 0 aromatic rings. The zero-order chi connectivity index (χ0) is 10.7. The van der Waals surface area contributed by atoms with Gasteiger partial charge in [0.05, 0.1) is 6.04 Å². The Hall–Kier alpha value is -1.12. The number of likely N-dealkylation sites (tertiary alicyclic amines) is 1. The number of Topliss-reactive ketones (excluding diaryl/α,β-unsaturated/α-hetero) is 1. The normalized spacial score (nSPS) is 22.6. The third-order valence-electron chi connectivity index (χ3n) is 2.70. The molecule has 1 aliphatic heterocycles. The molecule has 1 amide bonds. The number of carbonyl (C=O) groups is 2. The van der Waals surface area contributed by atoms with Crippen LogP contribution in [-0.2, 0) is 9.59 Å². The molecule has 0 aliphatic carbocycles. The SMILES string of the molecule is CC(=O)C(C)=C[C@@H]1CCCN1C(C)=O. The summed E-state index contributed by atoms with van der Waals surface area (Å²) < 4.78 is 0. The van der Waals surface area contributed by atoms with Gasteiger partial charge in [0, 0.05) is 13.5 Å². The minimum atomic E-state index is 0.0837. The summed E-state index contributed by atoms with van der Waals surface area (Å²) in [5.41, 5.74) is 0.753. The van der Waals surface area contributed by atoms with Crippen molar-refractivity contribution in [2.24, 2.45) is 0 Å². The fraction of sp³-hybridized carbons (Fsp3) is 0.636. The highest BCUT2D eigenvalue weighted by atomic mass is 16.2. The molecule has 0 saturated carbocycles. The lowest BCUT2D eigenvalue weighted by molar-refractivity contribution is -0.129. The summed E-state index contributed by atoms with van der Waals surface area (Å²) in [5.74, 6) is 0.181. The Kier molecular flexibility index (Phi) is 3.44. The molecule has 0 aromatic carbocycles. The Morgan fingerprint density at radius 1 is 1.29 bits per heavy atom. The van der Waals surface area contributed by atoms with E-state index in [1.165, 1.54) is 0 Å². The van der Waals surface area contributed by atoms with Crippen molar-refractivity contribution in [1.29, 1.82) is 0 Å². The first kappa shape index (κ1) is 11.0. The summed E-state index contributed by atoms with van der Waals surface area (Å²) in [6.07, 6.45) is 3.92. The number of rotatable bonds is 2. The van der Waals surface area contributed by atoms with E-state index in [2.05, 4.69) is 0 Å². The fourth-order valence-electron chi connectivity index (χ4n) is 1.76. The zero-order valence-electron chi connectivity index (χ0n) is 9.04. The maximum absolute atomic E-state index is 11.2. The van der Waals surface area contributed by atoms with E-state index >= 15 is 0 Å². The van der Waals surface area contributed by atoms with E-state index in [1.807, 2.05) is 11.0 Å². The molecule has 1 rings (SSSR count). The van der Waals surface area contributed by atoms with Gasteiger partial charge in [-0.15, -0.1) is 0 Å². The third-order valence-corrected chi connectivity index (χ3v) is 2.70. The topological polar surface area (TPSA) is 37.4 Å². The first-order chi connectivity index (χ1) is 6.52. The molecular weight excluding hydrogens is 178 g/mol. The predicted octanol–water partition coefficient (Wildman–Crippen LogP) is 1.53. The lowest BCUT2D eigenvalue weighted by Crippen LogP contribution is -2.32. The number of ketones is 1. The lowest BCUT2D eigenvalue weighted by Gasteiger charge is -2.20. The molecule has 1 heterocycles. The molecule has 1 atom stereocenters. The van der Waals surface area contributed by atoms with Crippen molar-refractivity contribution in [3.8, 4) is 0 Å². The van der Waals surface area contributed by atoms with Crippen molar-refractivity contribution in [3.05, 3.63) is 11.6 Å². The van der Waals surface area contributed by atoms with Crippen molar-refractivity contribution >= 4 is 11.7 Å². The van der Waals surface area contributed by atoms with E-state index in [0.717, 1.165) is 25.0 Å². The molecule has 0 unspecified atom stereocenters. The second kappa shape index (κ2) is 4.40. The van der Waals surface area contributed by atoms with E-state index in [9.17, 15) is 9.59 Å². The van der Waals surface area contributed by atoms with Crippen molar-refractivity contribution in [3.63, 3.8) is 0 Å². The van der Waals surface area contributed by atoms with Gasteiger partial charge in [0.2, 0.25) is 5.91 Å². The molecule has 1 fully saturated rings. The van der Waals surface area contributed by atoms with Crippen LogP contribution < -0.4 is 0 Å². The quantitative estimate of drug-likeness (QED) is 0.627. The fourth-order valence-corrected chi connectivity index (χ4v) is 1.76. The number of allylic oxidation sites excluding steroid dienone is 1. The Morgan fingerprint density at radius 2 is 1.93 bits per heavy atom. The van der Waals surface area contributed by atoms with Crippen LogP contribution in [0.5, 0.6) is 0 Å². The predicted molar refractivity (Wildman–Crippen MR) is 54.8 cm³/mol. The van der Waals surface area contributed by atoms with Gasteiger partial charge in [0.1, 0.15) is 0 Å². The van der Waals surface area contributed by atoms with Crippen LogP contribution in [-0.4, -0.2) is 29.2 Å². The van der Waals surface area contributed by atoms with Gasteiger partial charge in [-0.1, -0.05) is 6.08 Å². The Labute approximate surface area is 84.8 Å². The summed E-state index contributed by atoms with van der Waals surface area (Å²) in [5, 5.41) is 0. The van der Waals surface area contributed by atoms with Gasteiger partial charge in [0.25, 0.3) is 0 Å². The molecule has 0 spiro atoms. The molecule has 3 heteroatoms. The number of hydrogen-bond donors (Lipinski definition) is 0. The maximum atomic E-state index is 11.2. The van der Waals surface area contributed by atoms with E-state index in [4.69, 9.17) is 0 Å². The largest absolute Gasteiger partial charge is 0.336 e. The summed E-state index contributed by atoms with van der Waals surface area (Å²) in [7, 11) is 0. The molecule has 0 aromatic heterocycles. The Morgan fingerprint density at radius 3 is 2.43 bits per heavy atom. The van der Waals surface area contributed by atoms with Gasteiger partial charge in [-0.3, -0.25) is 9.59 Å². The monoisotopic (exact) mass is 195 g/mol. The molecule has 14 heavy (non-hydrogen) atoms. The van der Waals surface area contributed by atoms with Crippen molar-refractivity contribution in [2.75, 3.05) is 6.54 Å². The lowest BCUT2D eigenvalue weighted by atomic mass is 10.1. The van der Waals surface area contributed by atoms with Gasteiger partial charge in [-0.25, -0.2) is 0 Å². The summed E-state index contributed by atoms with van der Waals surface area (Å²) in [4.78, 5) is 24.1. The average Bonchev–Trinajstić information content (AvgIpc) is 2.52. The summed E-state index contributed by atoms with van der Waals surface area (Å²) >= 11 is 0. The molecule has 1 aliphatic rings. The molecule has 3 nitrogen and oxygen atoms in total. The highest BCUT2D eigenvalue weighted by Crippen LogP contribution is 2.19. The van der Waals surface area contributed by atoms with E-state index < -0.39 is 0 Å². The van der Waals surface area contributed by atoms with Crippen molar-refractivity contribution < 1.29 is 9.59 Å². The minimum Gasteiger partial charge on any atom is -0.336 e. The third kappa shape index (κ3) is 2.44. The van der Waals surface area contributed by atoms with Crippen LogP contribution in [0.1, 0.15) is 33.6 Å². The highest BCUT2D eigenvalue weighted by molar-refractivity contribution is 5.92. The van der Waals surface area contributed by atoms with Crippen LogP contribution in [0.4, 0.5) is 0 Å². The Balaban J connectivity index is 2.73. The first-order valence-corrected chi connectivity index (χ1v) is 4.99. The molecule has 0 N–H and O–H groups in total. The van der Waals surface area contributed by atoms with E-state index in [0.29, 0.717) is 0 Å². The van der Waals surface area contributed by atoms with Crippen LogP contribution in [0.15, 0.2) is 11.6 Å². The smallest absolute Gasteiger partial charge is 0.219 e. The Bertz CT molecular complexity index is 281. The number of hydrogen-bond acceptors (Lipinski definition) is 2. The maximum Gasteiger partial charge on any atom is 0.219 e. The van der Waals surface area contributed by atoms with E-state index in [1.54, 1.807) is 20.8 Å². The molecule has 0 radical (unpaired) electrons. The highest BCUT2D eigenvalue weighted by Gasteiger charge is 2.24. The van der Waals surface area contributed by atoms with Crippen LogP contribution >= 0.6 is 0 Å². The number of amides is 1. The van der Waals surface area contributed by atoms with Crippen molar-refractivity contribution in [1.82, 2.24) is 4.90 Å². The van der Waals surface area contributed by atoms with Gasteiger partial charge in [-0.05, 0) is 32.3 Å². The number of nitrogens with zero attached hydrogens (tertiary/aromatic N) is 1. The number of carbonyl (C=O) groups excluding carboxylic acids is 2. The van der Waals surface area contributed by atoms with Crippen LogP contribution in [0.2, 0.25) is 0 Å². The molecule has 0 bridgehead atoms. The first-order valence-electron chi connectivity index (χ1n) is 4.99. The summed E-state index contributed by atoms with van der Waals surface area (Å²) in [6.45, 7) is 5.76. The molecule has 78 valence electrons.